The van der Waals surface area contributed by atoms with E-state index in [1.54, 1.807) is 28.9 Å². The van der Waals surface area contributed by atoms with Gasteiger partial charge in [-0.15, -0.1) is 5.10 Å². The van der Waals surface area contributed by atoms with Crippen LogP contribution in [0.1, 0.15) is 28.4 Å². The Morgan fingerprint density at radius 1 is 1.15 bits per heavy atom. The maximum Gasteiger partial charge on any atom is 0.214 e. The number of aromatic nitrogens is 4. The van der Waals surface area contributed by atoms with Gasteiger partial charge in [0.05, 0.1) is 18.0 Å². The van der Waals surface area contributed by atoms with Crippen molar-refractivity contribution in [2.24, 2.45) is 0 Å². The van der Waals surface area contributed by atoms with Gasteiger partial charge in [-0.3, -0.25) is 4.79 Å². The summed E-state index contributed by atoms with van der Waals surface area (Å²) in [6.07, 6.45) is 0. The molecule has 26 heavy (non-hydrogen) atoms. The molecule has 0 N–H and O–H groups in total. The van der Waals surface area contributed by atoms with E-state index >= 15 is 0 Å². The van der Waals surface area contributed by atoms with Crippen molar-refractivity contribution >= 4 is 17.5 Å². The quantitative estimate of drug-likeness (QED) is 0.468. The molecule has 0 saturated heterocycles. The van der Waals surface area contributed by atoms with Crippen molar-refractivity contribution in [2.45, 2.75) is 25.9 Å². The molecular weight excluding hydrogens is 348 g/mol. The summed E-state index contributed by atoms with van der Waals surface area (Å²) in [6, 6.07) is 13.3. The molecule has 0 amide bonds. The Bertz CT molecular complexity index is 906. The van der Waals surface area contributed by atoms with Crippen LogP contribution in [0.3, 0.4) is 0 Å². The molecule has 7 heteroatoms. The van der Waals surface area contributed by atoms with Gasteiger partial charge < -0.3 is 4.74 Å². The Balaban J connectivity index is 1.70. The molecule has 0 unspecified atom stereocenters. The Labute approximate surface area is 156 Å². The van der Waals surface area contributed by atoms with E-state index in [0.29, 0.717) is 17.3 Å². The number of thioether (sulfide) groups is 1. The van der Waals surface area contributed by atoms with Gasteiger partial charge in [0.2, 0.25) is 5.16 Å². The van der Waals surface area contributed by atoms with Crippen LogP contribution in [0.4, 0.5) is 0 Å². The Morgan fingerprint density at radius 2 is 1.92 bits per heavy atom. The first kappa shape index (κ1) is 18.1. The summed E-state index contributed by atoms with van der Waals surface area (Å²) in [5.74, 6) is 1.04. The molecular formula is C19H20N4O2S. The van der Waals surface area contributed by atoms with Crippen molar-refractivity contribution in [1.29, 1.82) is 0 Å². The third-order valence-electron chi connectivity index (χ3n) is 3.84. The van der Waals surface area contributed by atoms with Gasteiger partial charge in [0, 0.05) is 5.56 Å². The summed E-state index contributed by atoms with van der Waals surface area (Å²) >= 11 is 1.32. The van der Waals surface area contributed by atoms with Gasteiger partial charge in [-0.25, -0.2) is 0 Å². The maximum absolute atomic E-state index is 12.4. The topological polar surface area (TPSA) is 69.9 Å². The normalized spacial score (nSPS) is 10.7. The van der Waals surface area contributed by atoms with E-state index < -0.39 is 0 Å². The molecule has 0 spiro atoms. The second-order valence-corrected chi connectivity index (χ2v) is 6.77. The molecule has 0 fully saturated rings. The smallest absolute Gasteiger partial charge is 0.214 e. The number of aryl methyl sites for hydroxylation is 2. The number of nitrogens with zero attached hydrogens (tertiary/aromatic N) is 4. The molecule has 0 radical (unpaired) electrons. The molecule has 2 aromatic carbocycles. The van der Waals surface area contributed by atoms with Crippen LogP contribution in [-0.2, 0) is 0 Å². The van der Waals surface area contributed by atoms with Crippen molar-refractivity contribution < 1.29 is 9.53 Å². The Hall–Kier alpha value is -2.67. The number of carbonyl (C=O) groups is 1. The minimum atomic E-state index is 0.0215. The number of Topliss-reactive ketones (excluding diaryl/α,β-unsaturated/α-hetero) is 1. The number of hydrogen-bond acceptors (Lipinski definition) is 6. The summed E-state index contributed by atoms with van der Waals surface area (Å²) in [5.41, 5.74) is 3.82. The zero-order valence-electron chi connectivity index (χ0n) is 15.0. The lowest BCUT2D eigenvalue weighted by atomic mass is 10.1. The molecule has 134 valence electrons. The van der Waals surface area contributed by atoms with Gasteiger partial charge in [-0.05, 0) is 67.1 Å². The van der Waals surface area contributed by atoms with Crippen LogP contribution in [0, 0.1) is 13.8 Å². The summed E-state index contributed by atoms with van der Waals surface area (Å²) in [5, 5.41) is 12.5. The number of ether oxygens (including phenoxy) is 1. The standard InChI is InChI=1S/C19H20N4O2S/c1-4-25-16-8-6-15(7-9-16)18(24)12-26-19-20-21-22-23(19)17-10-5-13(2)11-14(17)3/h5-11H,4,12H2,1-3H3. The van der Waals surface area contributed by atoms with Gasteiger partial charge in [0.15, 0.2) is 5.78 Å². The first-order valence-corrected chi connectivity index (χ1v) is 9.32. The van der Waals surface area contributed by atoms with Gasteiger partial charge in [0.1, 0.15) is 5.75 Å². The van der Waals surface area contributed by atoms with Crippen molar-refractivity contribution in [3.8, 4) is 11.4 Å². The number of tetrazole rings is 1. The SMILES string of the molecule is CCOc1ccc(C(=O)CSc2nnnn2-c2ccc(C)cc2C)cc1. The third kappa shape index (κ3) is 4.11. The minimum absolute atomic E-state index is 0.0215. The largest absolute Gasteiger partial charge is 0.494 e. The summed E-state index contributed by atoms with van der Waals surface area (Å²) in [7, 11) is 0. The molecule has 0 atom stereocenters. The molecule has 6 nitrogen and oxygen atoms in total. The Morgan fingerprint density at radius 3 is 2.62 bits per heavy atom. The van der Waals surface area contributed by atoms with Crippen LogP contribution in [0.25, 0.3) is 5.69 Å². The second kappa shape index (κ2) is 8.14. The van der Waals surface area contributed by atoms with E-state index in [2.05, 4.69) is 21.6 Å². The monoisotopic (exact) mass is 368 g/mol. The van der Waals surface area contributed by atoms with Crippen molar-refractivity contribution in [3.63, 3.8) is 0 Å². The van der Waals surface area contributed by atoms with E-state index in [1.165, 1.54) is 17.3 Å². The molecule has 0 aliphatic rings. The van der Waals surface area contributed by atoms with E-state index in [1.807, 2.05) is 32.9 Å². The molecule has 0 aliphatic carbocycles. The molecule has 1 aromatic heterocycles. The maximum atomic E-state index is 12.4. The summed E-state index contributed by atoms with van der Waals surface area (Å²) in [4.78, 5) is 12.4. The third-order valence-corrected chi connectivity index (χ3v) is 4.76. The lowest BCUT2D eigenvalue weighted by Gasteiger charge is -2.08. The number of carbonyl (C=O) groups excluding carboxylic acids is 1. The average molecular weight is 368 g/mol. The van der Waals surface area contributed by atoms with E-state index in [4.69, 9.17) is 4.74 Å². The fourth-order valence-electron chi connectivity index (χ4n) is 2.58. The molecule has 3 aromatic rings. The lowest BCUT2D eigenvalue weighted by Crippen LogP contribution is -2.06. The highest BCUT2D eigenvalue weighted by atomic mass is 32.2. The van der Waals surface area contributed by atoms with Gasteiger partial charge in [0.25, 0.3) is 0 Å². The highest BCUT2D eigenvalue weighted by Gasteiger charge is 2.14. The van der Waals surface area contributed by atoms with Crippen LogP contribution in [0.15, 0.2) is 47.6 Å². The van der Waals surface area contributed by atoms with Gasteiger partial charge in [-0.1, -0.05) is 29.5 Å². The Kier molecular flexibility index (Phi) is 5.68. The predicted molar refractivity (Wildman–Crippen MR) is 101 cm³/mol. The van der Waals surface area contributed by atoms with Crippen molar-refractivity contribution in [2.75, 3.05) is 12.4 Å². The number of hydrogen-bond donors (Lipinski definition) is 0. The zero-order chi connectivity index (χ0) is 18.5. The predicted octanol–water partition coefficient (Wildman–Crippen LogP) is 3.65. The highest BCUT2D eigenvalue weighted by molar-refractivity contribution is 7.99. The molecule has 0 saturated carbocycles. The van der Waals surface area contributed by atoms with Crippen LogP contribution in [0.2, 0.25) is 0 Å². The lowest BCUT2D eigenvalue weighted by molar-refractivity contribution is 0.102. The van der Waals surface area contributed by atoms with E-state index in [9.17, 15) is 4.79 Å². The summed E-state index contributed by atoms with van der Waals surface area (Å²) < 4.78 is 7.07. The van der Waals surface area contributed by atoms with Gasteiger partial charge >= 0.3 is 0 Å². The highest BCUT2D eigenvalue weighted by Crippen LogP contribution is 2.22. The van der Waals surface area contributed by atoms with Crippen molar-refractivity contribution in [1.82, 2.24) is 20.2 Å². The van der Waals surface area contributed by atoms with Crippen molar-refractivity contribution in [3.05, 3.63) is 59.2 Å². The summed E-state index contributed by atoms with van der Waals surface area (Å²) in [6.45, 7) is 6.59. The van der Waals surface area contributed by atoms with Gasteiger partial charge in [-0.2, -0.15) is 4.68 Å². The fraction of sp³-hybridized carbons (Fsp3) is 0.263. The number of ketones is 1. The molecule has 0 bridgehead atoms. The van der Waals surface area contributed by atoms with E-state index in [-0.39, 0.29) is 11.5 Å². The number of rotatable bonds is 7. The van der Waals surface area contributed by atoms with Crippen LogP contribution in [0.5, 0.6) is 5.75 Å². The second-order valence-electron chi connectivity index (χ2n) is 5.83. The zero-order valence-corrected chi connectivity index (χ0v) is 15.8. The van der Waals surface area contributed by atoms with Crippen LogP contribution < -0.4 is 4.74 Å². The molecule has 3 rings (SSSR count). The first-order valence-electron chi connectivity index (χ1n) is 8.33. The molecule has 0 aliphatic heterocycles. The van der Waals surface area contributed by atoms with Crippen LogP contribution >= 0.6 is 11.8 Å². The fourth-order valence-corrected chi connectivity index (χ4v) is 3.36. The first-order chi connectivity index (χ1) is 12.6. The van der Waals surface area contributed by atoms with E-state index in [0.717, 1.165) is 17.0 Å². The molecule has 1 heterocycles. The van der Waals surface area contributed by atoms with Crippen LogP contribution in [-0.4, -0.2) is 38.4 Å². The minimum Gasteiger partial charge on any atom is -0.494 e. The average Bonchev–Trinajstić information content (AvgIpc) is 3.09. The number of benzene rings is 2.